The van der Waals surface area contributed by atoms with Gasteiger partial charge in [-0.05, 0) is 43.5 Å². The van der Waals surface area contributed by atoms with Gasteiger partial charge in [-0.25, -0.2) is 14.1 Å². The van der Waals surface area contributed by atoms with Crippen LogP contribution in [0.25, 0.3) is 17.2 Å². The summed E-state index contributed by atoms with van der Waals surface area (Å²) in [7, 11) is 0. The number of benzene rings is 1. The first-order chi connectivity index (χ1) is 13.8. The van der Waals surface area contributed by atoms with E-state index in [0.29, 0.717) is 23.2 Å². The molecule has 5 rings (SSSR count). The number of halogens is 2. The van der Waals surface area contributed by atoms with Crippen LogP contribution in [0.1, 0.15) is 31.0 Å². The molecule has 6 nitrogen and oxygen atoms in total. The van der Waals surface area contributed by atoms with Gasteiger partial charge in [0.25, 0.3) is 0 Å². The Labute approximate surface area is 174 Å². The van der Waals surface area contributed by atoms with E-state index >= 15 is 0 Å². The molecule has 0 bridgehead atoms. The molecule has 2 fully saturated rings. The second-order valence-corrected chi connectivity index (χ2v) is 7.35. The first-order valence-electron chi connectivity index (χ1n) is 9.78. The molecular weight excluding hydrogens is 393 g/mol. The van der Waals surface area contributed by atoms with E-state index in [2.05, 4.69) is 15.4 Å². The second kappa shape index (κ2) is 8.57. The number of pyridine rings is 1. The predicted molar refractivity (Wildman–Crippen MR) is 110 cm³/mol. The maximum atomic E-state index is 14.6. The number of hydrogen-bond donors (Lipinski definition) is 1. The average Bonchev–Trinajstić information content (AvgIpc) is 3.19. The van der Waals surface area contributed by atoms with E-state index in [4.69, 9.17) is 9.72 Å². The van der Waals surface area contributed by atoms with Gasteiger partial charge in [0.15, 0.2) is 5.82 Å². The van der Waals surface area contributed by atoms with Crippen LogP contribution in [0.3, 0.4) is 0 Å². The molecule has 1 saturated carbocycles. The third-order valence-electron chi connectivity index (χ3n) is 5.60. The van der Waals surface area contributed by atoms with Crippen LogP contribution in [0.2, 0.25) is 0 Å². The lowest BCUT2D eigenvalue weighted by Gasteiger charge is -2.39. The van der Waals surface area contributed by atoms with Crippen molar-refractivity contribution >= 4 is 12.4 Å². The summed E-state index contributed by atoms with van der Waals surface area (Å²) in [6.45, 7) is 1.63. The van der Waals surface area contributed by atoms with E-state index in [1.165, 1.54) is 6.07 Å². The normalized spacial score (nSPS) is 23.8. The molecule has 3 heterocycles. The van der Waals surface area contributed by atoms with Gasteiger partial charge in [-0.2, -0.15) is 0 Å². The van der Waals surface area contributed by atoms with Crippen LogP contribution < -0.4 is 5.32 Å². The molecule has 3 aromatic rings. The molecule has 152 valence electrons. The Morgan fingerprint density at radius 1 is 1.10 bits per heavy atom. The Hall–Kier alpha value is -2.35. The molecule has 1 saturated heterocycles. The van der Waals surface area contributed by atoms with E-state index in [0.717, 1.165) is 38.2 Å². The average molecular weight is 416 g/mol. The molecule has 0 unspecified atom stereocenters. The molecule has 1 aromatic carbocycles. The molecule has 1 aliphatic carbocycles. The van der Waals surface area contributed by atoms with Crippen molar-refractivity contribution in [3.63, 3.8) is 0 Å². The SMILES string of the molecule is Cl.Fc1ccccc1-n1nc(-c2ccccn2)nc1[C@H]1CC[C@H]2OCCN[C@@H]2C1. The molecule has 2 aliphatic rings. The molecular formula is C21H23ClFN5O. The Morgan fingerprint density at radius 3 is 2.79 bits per heavy atom. The molecule has 29 heavy (non-hydrogen) atoms. The summed E-state index contributed by atoms with van der Waals surface area (Å²) in [5.74, 6) is 1.18. The molecule has 2 aromatic heterocycles. The number of ether oxygens (including phenoxy) is 1. The van der Waals surface area contributed by atoms with Gasteiger partial charge in [-0.1, -0.05) is 18.2 Å². The Kier molecular flexibility index (Phi) is 5.89. The predicted octanol–water partition coefficient (Wildman–Crippen LogP) is 3.51. The van der Waals surface area contributed by atoms with Crippen molar-refractivity contribution in [2.75, 3.05) is 13.2 Å². The molecule has 1 aliphatic heterocycles. The number of rotatable bonds is 3. The van der Waals surface area contributed by atoms with Gasteiger partial charge in [0, 0.05) is 24.7 Å². The van der Waals surface area contributed by atoms with Gasteiger partial charge in [0.1, 0.15) is 23.0 Å². The summed E-state index contributed by atoms with van der Waals surface area (Å²) in [5.41, 5.74) is 1.11. The topological polar surface area (TPSA) is 64.9 Å². The third-order valence-corrected chi connectivity index (χ3v) is 5.60. The highest BCUT2D eigenvalue weighted by Gasteiger charge is 2.36. The summed E-state index contributed by atoms with van der Waals surface area (Å²) in [5, 5.41) is 8.20. The molecule has 8 heteroatoms. The van der Waals surface area contributed by atoms with Gasteiger partial charge in [0.05, 0.1) is 12.7 Å². The van der Waals surface area contributed by atoms with Crippen molar-refractivity contribution < 1.29 is 9.13 Å². The lowest BCUT2D eigenvalue weighted by molar-refractivity contribution is -0.0280. The molecule has 0 radical (unpaired) electrons. The van der Waals surface area contributed by atoms with E-state index in [1.807, 2.05) is 24.3 Å². The maximum absolute atomic E-state index is 14.6. The second-order valence-electron chi connectivity index (χ2n) is 7.35. The minimum absolute atomic E-state index is 0. The minimum atomic E-state index is -0.311. The summed E-state index contributed by atoms with van der Waals surface area (Å²) >= 11 is 0. The largest absolute Gasteiger partial charge is 0.375 e. The number of nitrogens with zero attached hydrogens (tertiary/aromatic N) is 4. The standard InChI is InChI=1S/C21H22FN5O.ClH/c22-15-5-1-2-7-18(15)27-21(25-20(26-27)16-6-3-4-10-23-16)14-8-9-19-17(13-14)24-11-12-28-19;/h1-7,10,14,17,19,24H,8-9,11-13H2;1H/t14-,17+,19+;/m0./s1. The highest BCUT2D eigenvalue weighted by molar-refractivity contribution is 5.85. The quantitative estimate of drug-likeness (QED) is 0.709. The van der Waals surface area contributed by atoms with Crippen molar-refractivity contribution in [2.24, 2.45) is 0 Å². The molecule has 0 spiro atoms. The Balaban J connectivity index is 0.00000205. The Morgan fingerprint density at radius 2 is 1.97 bits per heavy atom. The summed E-state index contributed by atoms with van der Waals surface area (Å²) in [6, 6.07) is 12.6. The fourth-order valence-electron chi connectivity index (χ4n) is 4.24. The zero-order chi connectivity index (χ0) is 18.9. The van der Waals surface area contributed by atoms with Crippen molar-refractivity contribution in [1.29, 1.82) is 0 Å². The van der Waals surface area contributed by atoms with Gasteiger partial charge < -0.3 is 10.1 Å². The summed E-state index contributed by atoms with van der Waals surface area (Å²) in [4.78, 5) is 9.18. The number of aromatic nitrogens is 4. The monoisotopic (exact) mass is 415 g/mol. The van der Waals surface area contributed by atoms with Crippen LogP contribution in [0.15, 0.2) is 48.7 Å². The van der Waals surface area contributed by atoms with Crippen molar-refractivity contribution in [3.8, 4) is 17.2 Å². The lowest BCUT2D eigenvalue weighted by atomic mass is 9.82. The molecule has 3 atom stereocenters. The zero-order valence-electron chi connectivity index (χ0n) is 15.9. The fourth-order valence-corrected chi connectivity index (χ4v) is 4.24. The summed E-state index contributed by atoms with van der Waals surface area (Å²) in [6.07, 6.45) is 4.78. The van der Waals surface area contributed by atoms with Crippen LogP contribution in [0.4, 0.5) is 4.39 Å². The van der Waals surface area contributed by atoms with Gasteiger partial charge >= 0.3 is 0 Å². The maximum Gasteiger partial charge on any atom is 0.200 e. The molecule has 1 N–H and O–H groups in total. The smallest absolute Gasteiger partial charge is 0.200 e. The zero-order valence-corrected chi connectivity index (χ0v) is 16.7. The van der Waals surface area contributed by atoms with Crippen LogP contribution in [0, 0.1) is 5.82 Å². The number of hydrogen-bond acceptors (Lipinski definition) is 5. The first kappa shape index (κ1) is 19.9. The van der Waals surface area contributed by atoms with Crippen molar-refractivity contribution in [2.45, 2.75) is 37.3 Å². The van der Waals surface area contributed by atoms with Crippen LogP contribution in [-0.2, 0) is 4.74 Å². The number of morpholine rings is 1. The van der Waals surface area contributed by atoms with Crippen molar-refractivity contribution in [3.05, 3.63) is 60.3 Å². The van der Waals surface area contributed by atoms with Crippen LogP contribution in [0.5, 0.6) is 0 Å². The third kappa shape index (κ3) is 3.90. The Bertz CT molecular complexity index is 967. The van der Waals surface area contributed by atoms with E-state index in [-0.39, 0.29) is 30.2 Å². The van der Waals surface area contributed by atoms with Crippen LogP contribution in [-0.4, -0.2) is 45.0 Å². The highest BCUT2D eigenvalue weighted by Crippen LogP contribution is 2.36. The first-order valence-corrected chi connectivity index (χ1v) is 9.78. The van der Waals surface area contributed by atoms with Gasteiger partial charge in [0.2, 0.25) is 0 Å². The van der Waals surface area contributed by atoms with E-state index in [1.54, 1.807) is 23.0 Å². The number of fused-ring (bicyclic) bond motifs is 1. The van der Waals surface area contributed by atoms with Crippen molar-refractivity contribution in [1.82, 2.24) is 25.1 Å². The van der Waals surface area contributed by atoms with E-state index < -0.39 is 0 Å². The number of para-hydroxylation sites is 1. The lowest BCUT2D eigenvalue weighted by Crippen LogP contribution is -2.51. The highest BCUT2D eigenvalue weighted by atomic mass is 35.5. The van der Waals surface area contributed by atoms with E-state index in [9.17, 15) is 4.39 Å². The number of nitrogens with one attached hydrogen (secondary N) is 1. The van der Waals surface area contributed by atoms with Crippen LogP contribution >= 0.6 is 12.4 Å². The van der Waals surface area contributed by atoms with Gasteiger partial charge in [-0.3, -0.25) is 4.98 Å². The fraction of sp³-hybridized carbons (Fsp3) is 0.381. The van der Waals surface area contributed by atoms with Gasteiger partial charge in [-0.15, -0.1) is 17.5 Å². The summed E-state index contributed by atoms with van der Waals surface area (Å²) < 4.78 is 22.1. The molecule has 0 amide bonds. The minimum Gasteiger partial charge on any atom is -0.375 e.